The Morgan fingerprint density at radius 2 is 1.81 bits per heavy atom. The third-order valence-electron chi connectivity index (χ3n) is 4.31. The van der Waals surface area contributed by atoms with Crippen LogP contribution in [0.25, 0.3) is 0 Å². The van der Waals surface area contributed by atoms with Gasteiger partial charge in [0, 0.05) is 30.5 Å². The predicted molar refractivity (Wildman–Crippen MR) is 98.0 cm³/mol. The average Bonchev–Trinajstić information content (AvgIpc) is 2.93. The Labute approximate surface area is 156 Å². The summed E-state index contributed by atoms with van der Waals surface area (Å²) in [6.45, 7) is 1.43. The Kier molecular flexibility index (Phi) is 5.83. The van der Waals surface area contributed by atoms with Crippen LogP contribution in [-0.2, 0) is 0 Å². The lowest BCUT2D eigenvalue weighted by atomic mass is 10.2. The summed E-state index contributed by atoms with van der Waals surface area (Å²) in [7, 11) is 0. The zero-order valence-electron chi connectivity index (χ0n) is 14.2. The van der Waals surface area contributed by atoms with Gasteiger partial charge in [-0.1, -0.05) is 24.4 Å². The number of nitrogens with one attached hydrogen (secondary N) is 1. The number of nitrogens with zero attached hydrogens (tertiary/aromatic N) is 2. The standard InChI is InChI=1S/C19H19ClFN3O2/c20-15-12-14(5-6-16(15)21)23-18(25)13-7-8-22-17(11-13)19(26)24-9-3-1-2-4-10-24/h5-8,11-12H,1-4,9-10H2,(H,23,25). The number of rotatable bonds is 3. The largest absolute Gasteiger partial charge is 0.337 e. The Hall–Kier alpha value is -2.47. The second-order valence-corrected chi connectivity index (χ2v) is 6.63. The van der Waals surface area contributed by atoms with Crippen LogP contribution in [0.2, 0.25) is 5.02 Å². The van der Waals surface area contributed by atoms with E-state index in [1.807, 2.05) is 0 Å². The first-order valence-electron chi connectivity index (χ1n) is 8.56. The van der Waals surface area contributed by atoms with Gasteiger partial charge in [0.15, 0.2) is 0 Å². The molecule has 1 fully saturated rings. The number of hydrogen-bond donors (Lipinski definition) is 1. The van der Waals surface area contributed by atoms with Crippen molar-refractivity contribution in [1.29, 1.82) is 0 Å². The van der Waals surface area contributed by atoms with E-state index in [4.69, 9.17) is 11.6 Å². The second kappa shape index (κ2) is 8.27. The van der Waals surface area contributed by atoms with Crippen LogP contribution in [0.4, 0.5) is 10.1 Å². The van der Waals surface area contributed by atoms with Crippen LogP contribution >= 0.6 is 11.6 Å². The highest BCUT2D eigenvalue weighted by Gasteiger charge is 2.19. The van der Waals surface area contributed by atoms with Gasteiger partial charge in [0.1, 0.15) is 11.5 Å². The van der Waals surface area contributed by atoms with Gasteiger partial charge in [0.2, 0.25) is 0 Å². The molecule has 3 rings (SSSR count). The van der Waals surface area contributed by atoms with Crippen LogP contribution < -0.4 is 5.32 Å². The molecule has 2 heterocycles. The van der Waals surface area contributed by atoms with Crippen molar-refractivity contribution >= 4 is 29.1 Å². The highest BCUT2D eigenvalue weighted by atomic mass is 35.5. The van der Waals surface area contributed by atoms with Crippen LogP contribution in [0.15, 0.2) is 36.5 Å². The molecular weight excluding hydrogens is 357 g/mol. The summed E-state index contributed by atoms with van der Waals surface area (Å²) in [5.41, 5.74) is 0.925. The van der Waals surface area contributed by atoms with Crippen LogP contribution in [0.5, 0.6) is 0 Å². The highest BCUT2D eigenvalue weighted by molar-refractivity contribution is 6.31. The molecule has 0 aliphatic carbocycles. The van der Waals surface area contributed by atoms with E-state index in [2.05, 4.69) is 10.3 Å². The Balaban J connectivity index is 1.74. The van der Waals surface area contributed by atoms with E-state index in [1.54, 1.807) is 4.90 Å². The number of hydrogen-bond acceptors (Lipinski definition) is 3. The summed E-state index contributed by atoms with van der Waals surface area (Å²) >= 11 is 5.72. The van der Waals surface area contributed by atoms with Crippen molar-refractivity contribution in [2.24, 2.45) is 0 Å². The van der Waals surface area contributed by atoms with Crippen molar-refractivity contribution in [3.63, 3.8) is 0 Å². The fourth-order valence-corrected chi connectivity index (χ4v) is 3.08. The zero-order chi connectivity index (χ0) is 18.5. The quantitative estimate of drug-likeness (QED) is 0.876. The third kappa shape index (κ3) is 4.38. The summed E-state index contributed by atoms with van der Waals surface area (Å²) in [6.07, 6.45) is 5.66. The van der Waals surface area contributed by atoms with E-state index in [9.17, 15) is 14.0 Å². The summed E-state index contributed by atoms with van der Waals surface area (Å²) in [5.74, 6) is -1.13. The molecular formula is C19H19ClFN3O2. The molecule has 26 heavy (non-hydrogen) atoms. The molecule has 1 N–H and O–H groups in total. The Morgan fingerprint density at radius 1 is 1.08 bits per heavy atom. The van der Waals surface area contributed by atoms with Gasteiger partial charge in [0.25, 0.3) is 11.8 Å². The maximum Gasteiger partial charge on any atom is 0.272 e. The summed E-state index contributed by atoms with van der Waals surface area (Å²) in [6, 6.07) is 6.94. The number of halogens is 2. The molecule has 2 amide bonds. The van der Waals surface area contributed by atoms with Crippen LogP contribution in [-0.4, -0.2) is 34.8 Å². The normalized spacial score (nSPS) is 14.6. The third-order valence-corrected chi connectivity index (χ3v) is 4.60. The van der Waals surface area contributed by atoms with Gasteiger partial charge < -0.3 is 10.2 Å². The maximum atomic E-state index is 13.2. The maximum absolute atomic E-state index is 13.2. The van der Waals surface area contributed by atoms with E-state index < -0.39 is 11.7 Å². The smallest absolute Gasteiger partial charge is 0.272 e. The lowest BCUT2D eigenvalue weighted by Gasteiger charge is -2.19. The van der Waals surface area contributed by atoms with Crippen LogP contribution in [0.1, 0.15) is 46.5 Å². The van der Waals surface area contributed by atoms with Crippen molar-refractivity contribution in [3.8, 4) is 0 Å². The van der Waals surface area contributed by atoms with E-state index in [0.29, 0.717) is 24.3 Å². The first-order chi connectivity index (χ1) is 12.5. The minimum atomic E-state index is -0.557. The van der Waals surface area contributed by atoms with Crippen molar-refractivity contribution in [2.75, 3.05) is 18.4 Å². The minimum absolute atomic E-state index is 0.0745. The predicted octanol–water partition coefficient (Wildman–Crippen LogP) is 4.14. The van der Waals surface area contributed by atoms with Crippen molar-refractivity contribution < 1.29 is 14.0 Å². The molecule has 1 aromatic carbocycles. The topological polar surface area (TPSA) is 62.3 Å². The van der Waals surface area contributed by atoms with Crippen molar-refractivity contribution in [2.45, 2.75) is 25.7 Å². The number of likely N-dealkylation sites (tertiary alicyclic amines) is 1. The van der Waals surface area contributed by atoms with Crippen molar-refractivity contribution in [3.05, 3.63) is 58.6 Å². The number of aromatic nitrogens is 1. The van der Waals surface area contributed by atoms with E-state index in [0.717, 1.165) is 25.7 Å². The Bertz CT molecular complexity index is 820. The highest BCUT2D eigenvalue weighted by Crippen LogP contribution is 2.20. The Morgan fingerprint density at radius 3 is 2.50 bits per heavy atom. The SMILES string of the molecule is O=C(Nc1ccc(F)c(Cl)c1)c1ccnc(C(=O)N2CCCCCC2)c1. The number of anilines is 1. The molecule has 136 valence electrons. The number of benzene rings is 1. The van der Waals surface area contributed by atoms with Gasteiger partial charge in [-0.25, -0.2) is 4.39 Å². The van der Waals surface area contributed by atoms with Gasteiger partial charge in [0.05, 0.1) is 5.02 Å². The van der Waals surface area contributed by atoms with Gasteiger partial charge >= 0.3 is 0 Å². The van der Waals surface area contributed by atoms with Gasteiger partial charge in [-0.05, 0) is 43.2 Å². The lowest BCUT2D eigenvalue weighted by Crippen LogP contribution is -2.32. The molecule has 2 aromatic rings. The molecule has 0 unspecified atom stereocenters. The summed E-state index contributed by atoms with van der Waals surface area (Å²) in [4.78, 5) is 31.0. The first kappa shape index (κ1) is 18.3. The van der Waals surface area contributed by atoms with E-state index in [1.165, 1.54) is 36.5 Å². The second-order valence-electron chi connectivity index (χ2n) is 6.22. The molecule has 0 radical (unpaired) electrons. The molecule has 5 nitrogen and oxygen atoms in total. The molecule has 0 bridgehead atoms. The number of pyridine rings is 1. The molecule has 0 saturated carbocycles. The van der Waals surface area contributed by atoms with Crippen LogP contribution in [0.3, 0.4) is 0 Å². The van der Waals surface area contributed by atoms with Crippen LogP contribution in [0, 0.1) is 5.82 Å². The molecule has 0 spiro atoms. The number of amides is 2. The molecule has 1 aliphatic heterocycles. The molecule has 1 aliphatic rings. The van der Waals surface area contributed by atoms with E-state index in [-0.39, 0.29) is 16.6 Å². The fourth-order valence-electron chi connectivity index (χ4n) is 2.90. The monoisotopic (exact) mass is 375 g/mol. The van der Waals surface area contributed by atoms with Gasteiger partial charge in [-0.3, -0.25) is 14.6 Å². The molecule has 0 atom stereocenters. The lowest BCUT2D eigenvalue weighted by molar-refractivity contribution is 0.0755. The van der Waals surface area contributed by atoms with E-state index >= 15 is 0 Å². The average molecular weight is 376 g/mol. The first-order valence-corrected chi connectivity index (χ1v) is 8.94. The van der Waals surface area contributed by atoms with Gasteiger partial charge in [-0.15, -0.1) is 0 Å². The summed E-state index contributed by atoms with van der Waals surface area (Å²) in [5, 5.41) is 2.56. The number of carbonyl (C=O) groups excluding carboxylic acids is 2. The van der Waals surface area contributed by atoms with Gasteiger partial charge in [-0.2, -0.15) is 0 Å². The zero-order valence-corrected chi connectivity index (χ0v) is 14.9. The summed E-state index contributed by atoms with van der Waals surface area (Å²) < 4.78 is 13.2. The number of carbonyl (C=O) groups is 2. The van der Waals surface area contributed by atoms with Crippen molar-refractivity contribution in [1.82, 2.24) is 9.88 Å². The fraction of sp³-hybridized carbons (Fsp3) is 0.316. The molecule has 1 saturated heterocycles. The minimum Gasteiger partial charge on any atom is -0.337 e. The molecule has 7 heteroatoms. The molecule has 1 aromatic heterocycles.